The van der Waals surface area contributed by atoms with Gasteiger partial charge in [0.2, 0.25) is 0 Å². The maximum absolute atomic E-state index is 11.8. The number of hydrogen-bond acceptors (Lipinski definition) is 3. The SMILES string of the molecule is Cc1cc(NC(=O)c2ccc(Cl)s2)ncc1Br. The zero-order chi connectivity index (χ0) is 12.4. The Morgan fingerprint density at radius 1 is 1.53 bits per heavy atom. The Morgan fingerprint density at radius 3 is 2.88 bits per heavy atom. The van der Waals surface area contributed by atoms with Crippen molar-refractivity contribution < 1.29 is 4.79 Å². The number of hydrogen-bond donors (Lipinski definition) is 1. The zero-order valence-corrected chi connectivity index (χ0v) is 12.0. The van der Waals surface area contributed by atoms with Gasteiger partial charge in [-0.3, -0.25) is 4.79 Å². The van der Waals surface area contributed by atoms with Gasteiger partial charge >= 0.3 is 0 Å². The Labute approximate surface area is 116 Å². The summed E-state index contributed by atoms with van der Waals surface area (Å²) in [5.74, 6) is 0.330. The highest BCUT2D eigenvalue weighted by molar-refractivity contribution is 9.10. The van der Waals surface area contributed by atoms with Crippen LogP contribution in [0.1, 0.15) is 15.2 Å². The second-order valence-corrected chi connectivity index (χ2v) is 5.95. The van der Waals surface area contributed by atoms with Crippen molar-refractivity contribution in [2.24, 2.45) is 0 Å². The Bertz CT molecular complexity index is 570. The Kier molecular flexibility index (Phi) is 3.81. The van der Waals surface area contributed by atoms with Gasteiger partial charge in [-0.2, -0.15) is 0 Å². The molecule has 1 amide bonds. The molecule has 0 saturated heterocycles. The fraction of sp³-hybridized carbons (Fsp3) is 0.0909. The number of amides is 1. The first-order chi connectivity index (χ1) is 8.06. The van der Waals surface area contributed by atoms with Crippen LogP contribution in [0.5, 0.6) is 0 Å². The van der Waals surface area contributed by atoms with E-state index in [1.165, 1.54) is 11.3 Å². The van der Waals surface area contributed by atoms with Gasteiger partial charge in [-0.05, 0) is 46.6 Å². The summed E-state index contributed by atoms with van der Waals surface area (Å²) in [4.78, 5) is 16.5. The number of aromatic nitrogens is 1. The topological polar surface area (TPSA) is 42.0 Å². The van der Waals surface area contributed by atoms with Gasteiger partial charge in [-0.25, -0.2) is 4.98 Å². The fourth-order valence-corrected chi connectivity index (χ4v) is 2.38. The van der Waals surface area contributed by atoms with Crippen molar-refractivity contribution in [3.63, 3.8) is 0 Å². The number of rotatable bonds is 2. The normalized spacial score (nSPS) is 10.3. The Hall–Kier alpha value is -0.910. The van der Waals surface area contributed by atoms with Crippen LogP contribution in [0.15, 0.2) is 28.9 Å². The first-order valence-electron chi connectivity index (χ1n) is 4.75. The van der Waals surface area contributed by atoms with Crippen LogP contribution in [0, 0.1) is 6.92 Å². The number of halogens is 2. The second kappa shape index (κ2) is 5.16. The average Bonchev–Trinajstić information content (AvgIpc) is 2.70. The van der Waals surface area contributed by atoms with Gasteiger partial charge in [0.05, 0.1) is 9.21 Å². The smallest absolute Gasteiger partial charge is 0.266 e. The van der Waals surface area contributed by atoms with Crippen molar-refractivity contribution in [3.8, 4) is 0 Å². The van der Waals surface area contributed by atoms with Gasteiger partial charge in [0.25, 0.3) is 5.91 Å². The number of carbonyl (C=O) groups excluding carboxylic acids is 1. The van der Waals surface area contributed by atoms with E-state index in [2.05, 4.69) is 26.2 Å². The molecule has 6 heteroatoms. The molecule has 2 aromatic rings. The molecule has 1 N–H and O–H groups in total. The lowest BCUT2D eigenvalue weighted by Crippen LogP contribution is -2.11. The third-order valence-electron chi connectivity index (χ3n) is 2.09. The highest BCUT2D eigenvalue weighted by atomic mass is 79.9. The van der Waals surface area contributed by atoms with Crippen LogP contribution >= 0.6 is 38.9 Å². The van der Waals surface area contributed by atoms with Crippen molar-refractivity contribution in [1.29, 1.82) is 0 Å². The van der Waals surface area contributed by atoms with Gasteiger partial charge < -0.3 is 5.32 Å². The molecule has 0 bridgehead atoms. The van der Waals surface area contributed by atoms with Crippen LogP contribution in [0.3, 0.4) is 0 Å². The van der Waals surface area contributed by atoms with E-state index in [1.54, 1.807) is 24.4 Å². The van der Waals surface area contributed by atoms with Crippen LogP contribution < -0.4 is 5.32 Å². The molecular formula is C11H8BrClN2OS. The van der Waals surface area contributed by atoms with Gasteiger partial charge in [0.15, 0.2) is 0 Å². The lowest BCUT2D eigenvalue weighted by Gasteiger charge is -2.04. The number of thiophene rings is 1. The van der Waals surface area contributed by atoms with Crippen molar-refractivity contribution in [2.45, 2.75) is 6.92 Å². The van der Waals surface area contributed by atoms with Gasteiger partial charge in [-0.15, -0.1) is 11.3 Å². The minimum Gasteiger partial charge on any atom is -0.306 e. The number of carbonyl (C=O) groups is 1. The van der Waals surface area contributed by atoms with Crippen LogP contribution in [-0.4, -0.2) is 10.9 Å². The maximum Gasteiger partial charge on any atom is 0.266 e. The van der Waals surface area contributed by atoms with Crippen LogP contribution in [0.25, 0.3) is 0 Å². The molecule has 17 heavy (non-hydrogen) atoms. The summed E-state index contributed by atoms with van der Waals surface area (Å²) in [5, 5.41) is 2.72. The third-order valence-corrected chi connectivity index (χ3v) is 4.15. The van der Waals surface area contributed by atoms with Crippen molar-refractivity contribution in [1.82, 2.24) is 4.98 Å². The summed E-state index contributed by atoms with van der Waals surface area (Å²) in [5.41, 5.74) is 1.01. The molecular weight excluding hydrogens is 324 g/mol. The highest BCUT2D eigenvalue weighted by Crippen LogP contribution is 2.23. The van der Waals surface area contributed by atoms with E-state index >= 15 is 0 Å². The minimum absolute atomic E-state index is 0.198. The molecule has 2 aromatic heterocycles. The Balaban J connectivity index is 2.15. The van der Waals surface area contributed by atoms with E-state index in [0.29, 0.717) is 15.0 Å². The van der Waals surface area contributed by atoms with Crippen LogP contribution in [0.2, 0.25) is 4.34 Å². The zero-order valence-electron chi connectivity index (χ0n) is 8.83. The van der Waals surface area contributed by atoms with E-state index in [0.717, 1.165) is 10.0 Å². The molecule has 0 aliphatic rings. The molecule has 0 atom stereocenters. The van der Waals surface area contributed by atoms with Gasteiger partial charge in [-0.1, -0.05) is 11.6 Å². The maximum atomic E-state index is 11.8. The molecule has 0 fully saturated rings. The molecule has 0 spiro atoms. The predicted molar refractivity (Wildman–Crippen MR) is 74.0 cm³/mol. The largest absolute Gasteiger partial charge is 0.306 e. The average molecular weight is 332 g/mol. The molecule has 2 heterocycles. The quantitative estimate of drug-likeness (QED) is 0.899. The molecule has 0 aromatic carbocycles. The molecule has 0 aliphatic carbocycles. The molecule has 0 unspecified atom stereocenters. The van der Waals surface area contributed by atoms with Crippen LogP contribution in [-0.2, 0) is 0 Å². The lowest BCUT2D eigenvalue weighted by molar-refractivity contribution is 0.103. The van der Waals surface area contributed by atoms with Crippen molar-refractivity contribution in [3.05, 3.63) is 43.6 Å². The van der Waals surface area contributed by atoms with E-state index < -0.39 is 0 Å². The highest BCUT2D eigenvalue weighted by Gasteiger charge is 2.09. The summed E-state index contributed by atoms with van der Waals surface area (Å²) < 4.78 is 1.50. The number of pyridine rings is 1. The summed E-state index contributed by atoms with van der Waals surface area (Å²) in [6.45, 7) is 1.93. The van der Waals surface area contributed by atoms with Crippen LogP contribution in [0.4, 0.5) is 5.82 Å². The van der Waals surface area contributed by atoms with E-state index in [1.807, 2.05) is 6.92 Å². The molecule has 88 valence electrons. The van der Waals surface area contributed by atoms with Crippen molar-refractivity contribution in [2.75, 3.05) is 5.32 Å². The number of nitrogens with one attached hydrogen (secondary N) is 1. The third kappa shape index (κ3) is 3.06. The van der Waals surface area contributed by atoms with E-state index in [4.69, 9.17) is 11.6 Å². The molecule has 2 rings (SSSR count). The summed E-state index contributed by atoms with van der Waals surface area (Å²) in [6.07, 6.45) is 1.66. The first-order valence-corrected chi connectivity index (χ1v) is 6.74. The molecule has 0 saturated carbocycles. The van der Waals surface area contributed by atoms with Crippen molar-refractivity contribution >= 4 is 50.6 Å². The van der Waals surface area contributed by atoms with E-state index in [9.17, 15) is 4.79 Å². The predicted octanol–water partition coefficient (Wildman–Crippen LogP) is 4.12. The lowest BCUT2D eigenvalue weighted by atomic mass is 10.3. The molecule has 3 nitrogen and oxygen atoms in total. The van der Waals surface area contributed by atoms with Gasteiger partial charge in [0, 0.05) is 10.7 Å². The number of anilines is 1. The second-order valence-electron chi connectivity index (χ2n) is 3.38. The monoisotopic (exact) mass is 330 g/mol. The summed E-state index contributed by atoms with van der Waals surface area (Å²) >= 11 is 10.4. The summed E-state index contributed by atoms with van der Waals surface area (Å²) in [6, 6.07) is 5.19. The molecule has 0 radical (unpaired) electrons. The Morgan fingerprint density at radius 2 is 2.29 bits per heavy atom. The van der Waals surface area contributed by atoms with Gasteiger partial charge in [0.1, 0.15) is 5.82 Å². The minimum atomic E-state index is -0.198. The van der Waals surface area contributed by atoms with E-state index in [-0.39, 0.29) is 5.91 Å². The standard InChI is InChI=1S/C11H8BrClN2OS/c1-6-4-10(14-5-7(6)12)15-11(16)8-2-3-9(13)17-8/h2-5H,1H3,(H,14,15,16). The number of nitrogens with zero attached hydrogens (tertiary/aromatic N) is 1. The summed E-state index contributed by atoms with van der Waals surface area (Å²) in [7, 11) is 0. The number of aryl methyl sites for hydroxylation is 1. The first kappa shape index (κ1) is 12.5. The molecule has 0 aliphatic heterocycles. The fourth-order valence-electron chi connectivity index (χ4n) is 1.22.